The van der Waals surface area contributed by atoms with Crippen LogP contribution in [0.3, 0.4) is 0 Å². The first-order valence-corrected chi connectivity index (χ1v) is 7.99. The van der Waals surface area contributed by atoms with Crippen molar-refractivity contribution < 1.29 is 9.13 Å². The molecule has 0 bridgehead atoms. The fraction of sp³-hybridized carbons (Fsp3) is 0.118. The topological polar surface area (TPSA) is 37.9 Å². The van der Waals surface area contributed by atoms with Crippen LogP contribution in [0.25, 0.3) is 22.4 Å². The summed E-state index contributed by atoms with van der Waals surface area (Å²) in [5.74, 6) is -0.149. The predicted octanol–water partition coefficient (Wildman–Crippen LogP) is 4.61. The van der Waals surface area contributed by atoms with Gasteiger partial charge in [-0.3, -0.25) is 5.10 Å². The van der Waals surface area contributed by atoms with Crippen LogP contribution in [0.1, 0.15) is 0 Å². The third-order valence-corrected chi connectivity index (χ3v) is 4.12. The number of ether oxygens (including phenoxy) is 1. The van der Waals surface area contributed by atoms with Crippen LogP contribution < -0.4 is 4.74 Å². The number of rotatable bonds is 4. The van der Waals surface area contributed by atoms with E-state index < -0.39 is 0 Å². The molecule has 0 radical (unpaired) electrons. The number of halogens is 1. The van der Waals surface area contributed by atoms with E-state index in [-0.39, 0.29) is 11.6 Å². The molecule has 0 atom stereocenters. The minimum absolute atomic E-state index is 0.227. The number of H-pyrrole nitrogens is 1. The molecule has 2 aromatic carbocycles. The summed E-state index contributed by atoms with van der Waals surface area (Å²) in [6, 6.07) is 14.9. The van der Waals surface area contributed by atoms with Gasteiger partial charge in [0, 0.05) is 16.7 Å². The summed E-state index contributed by atoms with van der Waals surface area (Å²) >= 11 is 1.48. The van der Waals surface area contributed by atoms with Crippen molar-refractivity contribution in [2.75, 3.05) is 13.4 Å². The Kier molecular flexibility index (Phi) is 4.15. The van der Waals surface area contributed by atoms with E-state index in [1.54, 1.807) is 18.2 Å². The van der Waals surface area contributed by atoms with Gasteiger partial charge in [-0.2, -0.15) is 5.10 Å². The molecule has 1 N–H and O–H groups in total. The van der Waals surface area contributed by atoms with Crippen molar-refractivity contribution in [3.05, 3.63) is 54.3 Å². The SMILES string of the molecule is COc1cccc(-c2c(SC)n[nH]c2-c2ccccc2)c1F. The smallest absolute Gasteiger partial charge is 0.173 e. The maximum atomic E-state index is 14.7. The summed E-state index contributed by atoms with van der Waals surface area (Å²) in [6.45, 7) is 0. The van der Waals surface area contributed by atoms with E-state index >= 15 is 0 Å². The number of aromatic nitrogens is 2. The van der Waals surface area contributed by atoms with Gasteiger partial charge in [0.2, 0.25) is 0 Å². The highest BCUT2D eigenvalue weighted by molar-refractivity contribution is 7.98. The maximum absolute atomic E-state index is 14.7. The summed E-state index contributed by atoms with van der Waals surface area (Å²) < 4.78 is 19.8. The van der Waals surface area contributed by atoms with Gasteiger partial charge < -0.3 is 4.74 Å². The van der Waals surface area contributed by atoms with Crippen molar-refractivity contribution in [2.45, 2.75) is 5.03 Å². The summed E-state index contributed by atoms with van der Waals surface area (Å²) in [7, 11) is 1.46. The highest BCUT2D eigenvalue weighted by Gasteiger charge is 2.20. The van der Waals surface area contributed by atoms with Gasteiger partial charge in [0.05, 0.1) is 12.8 Å². The molecule has 0 saturated heterocycles. The zero-order valence-electron chi connectivity index (χ0n) is 12.3. The maximum Gasteiger partial charge on any atom is 0.173 e. The second-order valence-corrected chi connectivity index (χ2v) is 5.47. The van der Waals surface area contributed by atoms with Crippen LogP contribution >= 0.6 is 11.8 Å². The van der Waals surface area contributed by atoms with Crippen molar-refractivity contribution in [2.24, 2.45) is 0 Å². The van der Waals surface area contributed by atoms with Gasteiger partial charge in [-0.25, -0.2) is 4.39 Å². The van der Waals surface area contributed by atoms with Gasteiger partial charge in [0.25, 0.3) is 0 Å². The molecule has 0 fully saturated rings. The number of nitrogens with one attached hydrogen (secondary N) is 1. The normalized spacial score (nSPS) is 10.7. The van der Waals surface area contributed by atoms with Crippen LogP contribution in [0.5, 0.6) is 5.75 Å². The quantitative estimate of drug-likeness (QED) is 0.714. The average molecular weight is 314 g/mol. The minimum atomic E-state index is -0.376. The Morgan fingerprint density at radius 1 is 1.09 bits per heavy atom. The summed E-state index contributed by atoms with van der Waals surface area (Å²) in [4.78, 5) is 0. The number of thioether (sulfide) groups is 1. The molecule has 1 heterocycles. The molecule has 0 saturated carbocycles. The molecule has 0 unspecified atom stereocenters. The second kappa shape index (κ2) is 6.23. The Morgan fingerprint density at radius 3 is 2.55 bits per heavy atom. The standard InChI is InChI=1S/C17H15FN2OS/c1-21-13-10-6-9-12(15(13)18)14-16(19-20-17(14)22-2)11-7-4-3-5-8-11/h3-10H,1-2H3,(H,19,20). The summed E-state index contributed by atoms with van der Waals surface area (Å²) in [6.07, 6.45) is 1.92. The molecule has 5 heteroatoms. The molecule has 112 valence electrons. The first-order chi connectivity index (χ1) is 10.8. The van der Waals surface area contributed by atoms with Crippen molar-refractivity contribution in [1.82, 2.24) is 10.2 Å². The van der Waals surface area contributed by atoms with E-state index in [0.29, 0.717) is 5.56 Å². The Balaban J connectivity index is 2.25. The van der Waals surface area contributed by atoms with Crippen molar-refractivity contribution in [3.63, 3.8) is 0 Å². The molecule has 3 aromatic rings. The summed E-state index contributed by atoms with van der Waals surface area (Å²) in [5, 5.41) is 8.10. The lowest BCUT2D eigenvalue weighted by Crippen LogP contribution is -1.92. The van der Waals surface area contributed by atoms with Crippen LogP contribution in [-0.4, -0.2) is 23.6 Å². The van der Waals surface area contributed by atoms with E-state index in [4.69, 9.17) is 4.74 Å². The van der Waals surface area contributed by atoms with Crippen molar-refractivity contribution in [1.29, 1.82) is 0 Å². The van der Waals surface area contributed by atoms with Gasteiger partial charge in [-0.05, 0) is 12.3 Å². The Labute approximate surface area is 132 Å². The number of benzene rings is 2. The van der Waals surface area contributed by atoms with Crippen LogP contribution in [0.15, 0.2) is 53.6 Å². The lowest BCUT2D eigenvalue weighted by atomic mass is 10.0. The van der Waals surface area contributed by atoms with E-state index in [9.17, 15) is 4.39 Å². The molecule has 0 aliphatic carbocycles. The average Bonchev–Trinajstić information content (AvgIpc) is 2.99. The van der Waals surface area contributed by atoms with Gasteiger partial charge in [-0.1, -0.05) is 42.5 Å². The fourth-order valence-electron chi connectivity index (χ4n) is 2.40. The fourth-order valence-corrected chi connectivity index (χ4v) is 2.95. The zero-order valence-corrected chi connectivity index (χ0v) is 13.1. The highest BCUT2D eigenvalue weighted by Crippen LogP contribution is 2.40. The van der Waals surface area contributed by atoms with E-state index in [1.807, 2.05) is 36.6 Å². The van der Waals surface area contributed by atoms with Crippen molar-refractivity contribution >= 4 is 11.8 Å². The Bertz CT molecular complexity index is 787. The van der Waals surface area contributed by atoms with Crippen LogP contribution in [0, 0.1) is 5.82 Å². The zero-order chi connectivity index (χ0) is 15.5. The molecule has 0 amide bonds. The molecule has 0 aliphatic rings. The molecule has 3 nitrogen and oxygen atoms in total. The molecular weight excluding hydrogens is 299 g/mol. The molecule has 22 heavy (non-hydrogen) atoms. The third kappa shape index (κ3) is 2.48. The molecule has 1 aromatic heterocycles. The lowest BCUT2D eigenvalue weighted by Gasteiger charge is -2.09. The highest BCUT2D eigenvalue weighted by atomic mass is 32.2. The molecular formula is C17H15FN2OS. The van der Waals surface area contributed by atoms with Gasteiger partial charge in [-0.15, -0.1) is 11.8 Å². The number of nitrogens with zero attached hydrogens (tertiary/aromatic N) is 1. The van der Waals surface area contributed by atoms with Gasteiger partial charge in [0.15, 0.2) is 11.6 Å². The molecule has 0 aliphatic heterocycles. The Hall–Kier alpha value is -2.27. The number of aromatic amines is 1. The number of methoxy groups -OCH3 is 1. The minimum Gasteiger partial charge on any atom is -0.494 e. The third-order valence-electron chi connectivity index (χ3n) is 3.44. The molecule has 0 spiro atoms. The van der Waals surface area contributed by atoms with E-state index in [2.05, 4.69) is 10.2 Å². The monoisotopic (exact) mass is 314 g/mol. The Morgan fingerprint density at radius 2 is 1.86 bits per heavy atom. The van der Waals surface area contributed by atoms with Gasteiger partial charge in [0.1, 0.15) is 5.03 Å². The van der Waals surface area contributed by atoms with Crippen LogP contribution in [0.4, 0.5) is 4.39 Å². The van der Waals surface area contributed by atoms with Crippen LogP contribution in [0.2, 0.25) is 0 Å². The van der Waals surface area contributed by atoms with Crippen molar-refractivity contribution in [3.8, 4) is 28.1 Å². The van der Waals surface area contributed by atoms with E-state index in [1.165, 1.54) is 18.9 Å². The predicted molar refractivity (Wildman–Crippen MR) is 87.8 cm³/mol. The van der Waals surface area contributed by atoms with E-state index in [0.717, 1.165) is 21.8 Å². The largest absolute Gasteiger partial charge is 0.494 e. The molecule has 3 rings (SSSR count). The first-order valence-electron chi connectivity index (χ1n) is 6.77. The number of hydrogen-bond donors (Lipinski definition) is 1. The van der Waals surface area contributed by atoms with Gasteiger partial charge >= 0.3 is 0 Å². The number of hydrogen-bond acceptors (Lipinski definition) is 3. The van der Waals surface area contributed by atoms with Crippen LogP contribution in [-0.2, 0) is 0 Å². The first kappa shape index (κ1) is 14.7. The lowest BCUT2D eigenvalue weighted by molar-refractivity contribution is 0.387. The second-order valence-electron chi connectivity index (χ2n) is 4.67. The summed E-state index contributed by atoms with van der Waals surface area (Å²) in [5.41, 5.74) is 3.01.